The molecule has 0 aliphatic carbocycles. The van der Waals surface area contributed by atoms with Crippen molar-refractivity contribution >= 4 is 38.5 Å². The first-order valence-corrected chi connectivity index (χ1v) is 8.38. The molecule has 2 rings (SSSR count). The molecule has 0 spiro atoms. The minimum absolute atomic E-state index is 0.113. The Labute approximate surface area is 142 Å². The SMILES string of the molecule is CCOc1ccc(Br)cc1C(NC)c1ccccc1I. The van der Waals surface area contributed by atoms with Gasteiger partial charge in [-0.15, -0.1) is 0 Å². The maximum Gasteiger partial charge on any atom is 0.124 e. The lowest BCUT2D eigenvalue weighted by molar-refractivity contribution is 0.334. The van der Waals surface area contributed by atoms with Gasteiger partial charge in [0, 0.05) is 13.6 Å². The van der Waals surface area contributed by atoms with Crippen molar-refractivity contribution in [3.63, 3.8) is 0 Å². The van der Waals surface area contributed by atoms with Crippen molar-refractivity contribution < 1.29 is 4.74 Å². The number of ether oxygens (including phenoxy) is 1. The molecular weight excluding hydrogens is 429 g/mol. The summed E-state index contributed by atoms with van der Waals surface area (Å²) in [6.45, 7) is 2.67. The molecule has 1 unspecified atom stereocenters. The van der Waals surface area contributed by atoms with Crippen molar-refractivity contribution in [2.24, 2.45) is 0 Å². The first kappa shape index (κ1) is 15.8. The molecule has 2 aromatic carbocycles. The second-order valence-corrected chi connectivity index (χ2v) is 6.44. The van der Waals surface area contributed by atoms with Gasteiger partial charge in [-0.1, -0.05) is 34.1 Å². The van der Waals surface area contributed by atoms with Crippen LogP contribution in [-0.2, 0) is 0 Å². The van der Waals surface area contributed by atoms with Crippen LogP contribution in [0, 0.1) is 3.57 Å². The highest BCUT2D eigenvalue weighted by Gasteiger charge is 2.19. The molecule has 0 amide bonds. The van der Waals surface area contributed by atoms with Gasteiger partial charge >= 0.3 is 0 Å². The Morgan fingerprint density at radius 2 is 1.95 bits per heavy atom. The van der Waals surface area contributed by atoms with Gasteiger partial charge in [0.1, 0.15) is 5.75 Å². The average molecular weight is 446 g/mol. The highest BCUT2D eigenvalue weighted by Crippen LogP contribution is 2.34. The summed E-state index contributed by atoms with van der Waals surface area (Å²) >= 11 is 5.93. The molecule has 0 fully saturated rings. The van der Waals surface area contributed by atoms with Gasteiger partial charge in [0.15, 0.2) is 0 Å². The second kappa shape index (κ2) is 7.43. The first-order chi connectivity index (χ1) is 9.67. The molecule has 0 aromatic heterocycles. The van der Waals surface area contributed by atoms with Crippen molar-refractivity contribution in [3.8, 4) is 5.75 Å². The summed E-state index contributed by atoms with van der Waals surface area (Å²) in [5.41, 5.74) is 2.41. The standard InChI is InChI=1S/C16H17BrINO/c1-3-20-15-9-8-11(17)10-13(15)16(19-2)12-6-4-5-7-14(12)18/h4-10,16,19H,3H2,1-2H3. The first-order valence-electron chi connectivity index (χ1n) is 6.51. The van der Waals surface area contributed by atoms with E-state index in [1.54, 1.807) is 0 Å². The van der Waals surface area contributed by atoms with E-state index in [9.17, 15) is 0 Å². The van der Waals surface area contributed by atoms with E-state index in [-0.39, 0.29) is 6.04 Å². The van der Waals surface area contributed by atoms with E-state index >= 15 is 0 Å². The Balaban J connectivity index is 2.51. The number of rotatable bonds is 5. The van der Waals surface area contributed by atoms with Gasteiger partial charge in [0.05, 0.1) is 12.6 Å². The third kappa shape index (κ3) is 3.54. The zero-order chi connectivity index (χ0) is 14.5. The van der Waals surface area contributed by atoms with E-state index < -0.39 is 0 Å². The van der Waals surface area contributed by atoms with Crippen LogP contribution in [-0.4, -0.2) is 13.7 Å². The van der Waals surface area contributed by atoms with Crippen LogP contribution in [0.1, 0.15) is 24.1 Å². The van der Waals surface area contributed by atoms with Crippen molar-refractivity contribution in [2.75, 3.05) is 13.7 Å². The molecule has 1 atom stereocenters. The van der Waals surface area contributed by atoms with Crippen molar-refractivity contribution in [3.05, 3.63) is 61.6 Å². The highest BCUT2D eigenvalue weighted by molar-refractivity contribution is 14.1. The van der Waals surface area contributed by atoms with Gasteiger partial charge in [-0.3, -0.25) is 0 Å². The predicted molar refractivity (Wildman–Crippen MR) is 95.4 cm³/mol. The molecule has 2 aromatic rings. The van der Waals surface area contributed by atoms with Gasteiger partial charge in [-0.25, -0.2) is 0 Å². The van der Waals surface area contributed by atoms with Crippen molar-refractivity contribution in [1.82, 2.24) is 5.32 Å². The molecule has 0 radical (unpaired) electrons. The molecule has 106 valence electrons. The Kier molecular flexibility index (Phi) is 5.86. The smallest absolute Gasteiger partial charge is 0.124 e. The van der Waals surface area contributed by atoms with Gasteiger partial charge in [0.2, 0.25) is 0 Å². The third-order valence-electron chi connectivity index (χ3n) is 3.09. The zero-order valence-corrected chi connectivity index (χ0v) is 15.2. The normalized spacial score (nSPS) is 12.2. The monoisotopic (exact) mass is 445 g/mol. The molecule has 20 heavy (non-hydrogen) atoms. The molecule has 0 aliphatic heterocycles. The van der Waals surface area contributed by atoms with E-state index in [1.807, 2.05) is 26.1 Å². The van der Waals surface area contributed by atoms with E-state index in [4.69, 9.17) is 4.74 Å². The Morgan fingerprint density at radius 1 is 1.20 bits per heavy atom. The summed E-state index contributed by atoms with van der Waals surface area (Å²) in [4.78, 5) is 0. The summed E-state index contributed by atoms with van der Waals surface area (Å²) in [7, 11) is 1.98. The molecule has 0 heterocycles. The fourth-order valence-corrected chi connectivity index (χ4v) is 3.30. The summed E-state index contributed by atoms with van der Waals surface area (Å²) in [6.07, 6.45) is 0. The molecular formula is C16H17BrINO. The fraction of sp³-hybridized carbons (Fsp3) is 0.250. The molecule has 2 nitrogen and oxygen atoms in total. The second-order valence-electron chi connectivity index (χ2n) is 4.36. The number of halogens is 2. The molecule has 0 saturated carbocycles. The van der Waals surface area contributed by atoms with Crippen LogP contribution in [0.15, 0.2) is 46.9 Å². The molecule has 0 bridgehead atoms. The summed E-state index contributed by atoms with van der Waals surface area (Å²) in [5.74, 6) is 0.926. The van der Waals surface area contributed by atoms with Gasteiger partial charge < -0.3 is 10.1 Å². The number of benzene rings is 2. The van der Waals surface area contributed by atoms with Crippen molar-refractivity contribution in [1.29, 1.82) is 0 Å². The largest absolute Gasteiger partial charge is 0.494 e. The van der Waals surface area contributed by atoms with Crippen LogP contribution in [0.2, 0.25) is 0 Å². The minimum Gasteiger partial charge on any atom is -0.494 e. The maximum absolute atomic E-state index is 5.77. The summed E-state index contributed by atoms with van der Waals surface area (Å²) in [6, 6.07) is 14.7. The van der Waals surface area contributed by atoms with E-state index in [0.717, 1.165) is 15.8 Å². The number of nitrogens with one attached hydrogen (secondary N) is 1. The number of hydrogen-bond acceptors (Lipinski definition) is 2. The van der Waals surface area contributed by atoms with Crippen LogP contribution >= 0.6 is 38.5 Å². The fourth-order valence-electron chi connectivity index (χ4n) is 2.22. The molecule has 1 N–H and O–H groups in total. The van der Waals surface area contributed by atoms with Crippen LogP contribution in [0.5, 0.6) is 5.75 Å². The molecule has 0 saturated heterocycles. The number of hydrogen-bond donors (Lipinski definition) is 1. The quantitative estimate of drug-likeness (QED) is 0.670. The average Bonchev–Trinajstić information content (AvgIpc) is 2.44. The predicted octanol–water partition coefficient (Wildman–Crippen LogP) is 4.76. The van der Waals surface area contributed by atoms with E-state index in [0.29, 0.717) is 6.61 Å². The Bertz CT molecular complexity index is 588. The lowest BCUT2D eigenvalue weighted by Gasteiger charge is -2.22. The van der Waals surface area contributed by atoms with Gasteiger partial charge in [-0.05, 0) is 66.4 Å². The Hall–Kier alpha value is -0.590. The minimum atomic E-state index is 0.113. The van der Waals surface area contributed by atoms with Crippen LogP contribution in [0.3, 0.4) is 0 Å². The van der Waals surface area contributed by atoms with Crippen LogP contribution < -0.4 is 10.1 Å². The van der Waals surface area contributed by atoms with Gasteiger partial charge in [0.25, 0.3) is 0 Å². The highest BCUT2D eigenvalue weighted by atomic mass is 127. The van der Waals surface area contributed by atoms with Crippen LogP contribution in [0.25, 0.3) is 0 Å². The lowest BCUT2D eigenvalue weighted by atomic mass is 9.98. The molecule has 0 aliphatic rings. The van der Waals surface area contributed by atoms with E-state index in [1.165, 1.54) is 9.13 Å². The summed E-state index contributed by atoms with van der Waals surface area (Å²) in [5, 5.41) is 3.40. The Morgan fingerprint density at radius 3 is 2.60 bits per heavy atom. The zero-order valence-electron chi connectivity index (χ0n) is 11.5. The van der Waals surface area contributed by atoms with Crippen molar-refractivity contribution in [2.45, 2.75) is 13.0 Å². The maximum atomic E-state index is 5.77. The van der Waals surface area contributed by atoms with Crippen LogP contribution in [0.4, 0.5) is 0 Å². The topological polar surface area (TPSA) is 21.3 Å². The summed E-state index contributed by atoms with van der Waals surface area (Å²) < 4.78 is 8.07. The third-order valence-corrected chi connectivity index (χ3v) is 4.56. The van der Waals surface area contributed by atoms with E-state index in [2.05, 4.69) is 74.2 Å². The molecule has 4 heteroatoms. The van der Waals surface area contributed by atoms with Gasteiger partial charge in [-0.2, -0.15) is 0 Å². The lowest BCUT2D eigenvalue weighted by Crippen LogP contribution is -2.19.